The van der Waals surface area contributed by atoms with E-state index in [0.29, 0.717) is 34.4 Å². The number of carboxylic acid groups (broad SMARTS) is 1. The van der Waals surface area contributed by atoms with Crippen molar-refractivity contribution >= 4 is 40.9 Å². The Morgan fingerprint density at radius 1 is 1.06 bits per heavy atom. The SMILES string of the molecule is C[C@H](NC(=O)c1cc(Cl)cnc1NCCc1ccccc1Cl)c1ccccc1C(=O)O. The van der Waals surface area contributed by atoms with Crippen molar-refractivity contribution in [2.45, 2.75) is 19.4 Å². The number of halogens is 2. The maximum absolute atomic E-state index is 13.0. The van der Waals surface area contributed by atoms with E-state index in [4.69, 9.17) is 23.2 Å². The first-order valence-corrected chi connectivity index (χ1v) is 10.4. The van der Waals surface area contributed by atoms with Gasteiger partial charge in [-0.3, -0.25) is 4.79 Å². The smallest absolute Gasteiger partial charge is 0.336 e. The van der Waals surface area contributed by atoms with Gasteiger partial charge in [0.25, 0.3) is 5.91 Å². The summed E-state index contributed by atoms with van der Waals surface area (Å²) in [5.74, 6) is -1.08. The fourth-order valence-corrected chi connectivity index (χ4v) is 3.58. The largest absolute Gasteiger partial charge is 0.478 e. The Labute approximate surface area is 190 Å². The molecular weight excluding hydrogens is 437 g/mol. The molecule has 0 fully saturated rings. The Balaban J connectivity index is 1.74. The van der Waals surface area contributed by atoms with Crippen molar-refractivity contribution in [2.24, 2.45) is 0 Å². The molecule has 31 heavy (non-hydrogen) atoms. The highest BCUT2D eigenvalue weighted by atomic mass is 35.5. The topological polar surface area (TPSA) is 91.3 Å². The van der Waals surface area contributed by atoms with Crippen LogP contribution in [0.25, 0.3) is 0 Å². The average molecular weight is 458 g/mol. The van der Waals surface area contributed by atoms with Crippen LogP contribution >= 0.6 is 23.2 Å². The summed E-state index contributed by atoms with van der Waals surface area (Å²) in [5, 5.41) is 16.4. The van der Waals surface area contributed by atoms with Crippen molar-refractivity contribution in [3.05, 3.63) is 93.1 Å². The molecule has 8 heteroatoms. The van der Waals surface area contributed by atoms with Gasteiger partial charge in [0.15, 0.2) is 0 Å². The van der Waals surface area contributed by atoms with Crippen LogP contribution in [0.5, 0.6) is 0 Å². The highest BCUT2D eigenvalue weighted by Gasteiger charge is 2.20. The molecule has 0 radical (unpaired) electrons. The standard InChI is InChI=1S/C23H21Cl2N3O3/c1-14(17-7-3-4-8-18(17)23(30)31)28-22(29)19-12-16(24)13-27-21(19)26-11-10-15-6-2-5-9-20(15)25/h2-9,12-14H,10-11H2,1H3,(H,26,27)(H,28,29)(H,30,31)/t14-/m0/s1. The summed E-state index contributed by atoms with van der Waals surface area (Å²) in [6.07, 6.45) is 2.10. The Bertz CT molecular complexity index is 1100. The van der Waals surface area contributed by atoms with Gasteiger partial charge >= 0.3 is 5.97 Å². The van der Waals surface area contributed by atoms with Gasteiger partial charge in [0.1, 0.15) is 5.82 Å². The summed E-state index contributed by atoms with van der Waals surface area (Å²) in [5.41, 5.74) is 1.89. The van der Waals surface area contributed by atoms with Crippen LogP contribution in [0, 0.1) is 0 Å². The van der Waals surface area contributed by atoms with E-state index in [1.807, 2.05) is 24.3 Å². The predicted octanol–water partition coefficient (Wildman–Crippen LogP) is 5.23. The lowest BCUT2D eigenvalue weighted by Gasteiger charge is -2.18. The molecule has 2 aromatic carbocycles. The van der Waals surface area contributed by atoms with Crippen molar-refractivity contribution < 1.29 is 14.7 Å². The van der Waals surface area contributed by atoms with Gasteiger partial charge in [0.2, 0.25) is 0 Å². The molecule has 1 heterocycles. The fourth-order valence-electron chi connectivity index (χ4n) is 3.19. The van der Waals surface area contributed by atoms with Gasteiger partial charge in [-0.15, -0.1) is 0 Å². The predicted molar refractivity (Wildman–Crippen MR) is 122 cm³/mol. The van der Waals surface area contributed by atoms with Crippen LogP contribution in [-0.2, 0) is 6.42 Å². The summed E-state index contributed by atoms with van der Waals surface area (Å²) in [4.78, 5) is 28.7. The summed E-state index contributed by atoms with van der Waals surface area (Å²) in [7, 11) is 0. The lowest BCUT2D eigenvalue weighted by atomic mass is 10.0. The van der Waals surface area contributed by atoms with Crippen LogP contribution in [0.1, 0.15) is 44.8 Å². The number of nitrogens with one attached hydrogen (secondary N) is 2. The number of hydrogen-bond acceptors (Lipinski definition) is 4. The van der Waals surface area contributed by atoms with Gasteiger partial charge < -0.3 is 15.7 Å². The molecular formula is C23H21Cl2N3O3. The van der Waals surface area contributed by atoms with Crippen molar-refractivity contribution in [1.82, 2.24) is 10.3 Å². The fraction of sp³-hybridized carbons (Fsp3) is 0.174. The first kappa shape index (κ1) is 22.6. The summed E-state index contributed by atoms with van der Waals surface area (Å²) in [6, 6.07) is 15.1. The Kier molecular flexibility index (Phi) is 7.50. The molecule has 160 valence electrons. The second-order valence-corrected chi connectivity index (χ2v) is 7.75. The number of carbonyl (C=O) groups is 2. The normalized spacial score (nSPS) is 11.6. The van der Waals surface area contributed by atoms with Crippen LogP contribution in [0.15, 0.2) is 60.8 Å². The number of amides is 1. The molecule has 6 nitrogen and oxygen atoms in total. The molecule has 1 amide bonds. The Morgan fingerprint density at radius 2 is 1.77 bits per heavy atom. The van der Waals surface area contributed by atoms with E-state index in [1.54, 1.807) is 25.1 Å². The zero-order valence-corrected chi connectivity index (χ0v) is 18.2. The quantitative estimate of drug-likeness (QED) is 0.430. The second-order valence-electron chi connectivity index (χ2n) is 6.91. The molecule has 0 aliphatic heterocycles. The van der Waals surface area contributed by atoms with E-state index < -0.39 is 17.9 Å². The molecule has 3 rings (SSSR count). The van der Waals surface area contributed by atoms with Crippen molar-refractivity contribution in [3.63, 3.8) is 0 Å². The average Bonchev–Trinajstić information content (AvgIpc) is 2.75. The van der Waals surface area contributed by atoms with Crippen LogP contribution in [0.2, 0.25) is 10.0 Å². The Morgan fingerprint density at radius 3 is 2.52 bits per heavy atom. The summed E-state index contributed by atoms with van der Waals surface area (Å²) >= 11 is 12.3. The van der Waals surface area contributed by atoms with Gasteiger partial charge in [-0.1, -0.05) is 59.6 Å². The Hall–Kier alpha value is -3.09. The number of carboxylic acids is 1. The maximum Gasteiger partial charge on any atom is 0.336 e. The molecule has 1 aromatic heterocycles. The zero-order chi connectivity index (χ0) is 22.4. The lowest BCUT2D eigenvalue weighted by Crippen LogP contribution is -2.29. The van der Waals surface area contributed by atoms with Crippen LogP contribution in [-0.4, -0.2) is 28.5 Å². The number of rotatable bonds is 8. The molecule has 0 saturated heterocycles. The molecule has 3 N–H and O–H groups in total. The number of aromatic nitrogens is 1. The number of hydrogen-bond donors (Lipinski definition) is 3. The second kappa shape index (κ2) is 10.3. The van der Waals surface area contributed by atoms with Gasteiger partial charge in [-0.25, -0.2) is 9.78 Å². The van der Waals surface area contributed by atoms with Gasteiger partial charge in [-0.05, 0) is 42.7 Å². The van der Waals surface area contributed by atoms with Crippen molar-refractivity contribution in [3.8, 4) is 0 Å². The number of nitrogens with zero attached hydrogens (tertiary/aromatic N) is 1. The van der Waals surface area contributed by atoms with E-state index in [2.05, 4.69) is 15.6 Å². The maximum atomic E-state index is 13.0. The van der Waals surface area contributed by atoms with E-state index in [1.165, 1.54) is 18.3 Å². The van der Waals surface area contributed by atoms with Crippen LogP contribution in [0.4, 0.5) is 5.82 Å². The van der Waals surface area contributed by atoms with Gasteiger partial charge in [-0.2, -0.15) is 0 Å². The van der Waals surface area contributed by atoms with E-state index in [9.17, 15) is 14.7 Å². The van der Waals surface area contributed by atoms with Crippen molar-refractivity contribution in [2.75, 3.05) is 11.9 Å². The van der Waals surface area contributed by atoms with Gasteiger partial charge in [0, 0.05) is 17.8 Å². The van der Waals surface area contributed by atoms with E-state index in [-0.39, 0.29) is 11.1 Å². The number of aromatic carboxylic acids is 1. The number of carbonyl (C=O) groups excluding carboxylic acids is 1. The minimum atomic E-state index is -1.05. The molecule has 1 atom stereocenters. The van der Waals surface area contributed by atoms with Crippen molar-refractivity contribution in [1.29, 1.82) is 0 Å². The zero-order valence-electron chi connectivity index (χ0n) is 16.7. The highest BCUT2D eigenvalue weighted by Crippen LogP contribution is 2.22. The summed E-state index contributed by atoms with van der Waals surface area (Å²) in [6.45, 7) is 2.23. The first-order chi connectivity index (χ1) is 14.9. The first-order valence-electron chi connectivity index (χ1n) is 9.62. The third kappa shape index (κ3) is 5.75. The third-order valence-corrected chi connectivity index (χ3v) is 5.32. The monoisotopic (exact) mass is 457 g/mol. The molecule has 0 bridgehead atoms. The van der Waals surface area contributed by atoms with Crippen LogP contribution in [0.3, 0.4) is 0 Å². The molecule has 0 spiro atoms. The molecule has 0 aliphatic rings. The number of pyridine rings is 1. The molecule has 0 unspecified atom stereocenters. The number of anilines is 1. The van der Waals surface area contributed by atoms with E-state index in [0.717, 1.165) is 5.56 Å². The highest BCUT2D eigenvalue weighted by molar-refractivity contribution is 6.31. The minimum Gasteiger partial charge on any atom is -0.478 e. The summed E-state index contributed by atoms with van der Waals surface area (Å²) < 4.78 is 0. The third-order valence-electron chi connectivity index (χ3n) is 4.75. The van der Waals surface area contributed by atoms with Crippen LogP contribution < -0.4 is 10.6 Å². The molecule has 0 aliphatic carbocycles. The van der Waals surface area contributed by atoms with Gasteiger partial charge in [0.05, 0.1) is 22.2 Å². The molecule has 0 saturated carbocycles. The lowest BCUT2D eigenvalue weighted by molar-refractivity contribution is 0.0693. The minimum absolute atomic E-state index is 0.137. The number of benzene rings is 2. The van der Waals surface area contributed by atoms with E-state index >= 15 is 0 Å². The molecule has 3 aromatic rings.